The minimum Gasteiger partial charge on any atom is -0.435 e. The van der Waals surface area contributed by atoms with Crippen molar-refractivity contribution in [2.45, 2.75) is 44.6 Å². The van der Waals surface area contributed by atoms with Gasteiger partial charge < -0.3 is 19.5 Å². The summed E-state index contributed by atoms with van der Waals surface area (Å²) in [6.45, 7) is 2.79. The van der Waals surface area contributed by atoms with Crippen molar-refractivity contribution in [2.75, 3.05) is 26.2 Å². The third-order valence-corrected chi connectivity index (χ3v) is 9.08. The molecule has 6 rings (SSSR count). The highest BCUT2D eigenvalue weighted by Crippen LogP contribution is 2.46. The highest BCUT2D eigenvalue weighted by molar-refractivity contribution is 5.77. The third kappa shape index (κ3) is 6.93. The fraction of sp³-hybridized carbons (Fsp3) is 0.333. The molecular formula is C36H38F2N6O4. The van der Waals surface area contributed by atoms with Crippen molar-refractivity contribution < 1.29 is 27.8 Å². The minimum absolute atomic E-state index is 0.0666. The number of likely N-dealkylation sites (tertiary alicyclic amines) is 1. The van der Waals surface area contributed by atoms with Crippen LogP contribution in [0.1, 0.15) is 55.1 Å². The van der Waals surface area contributed by atoms with E-state index in [1.165, 1.54) is 22.0 Å². The van der Waals surface area contributed by atoms with Crippen molar-refractivity contribution in [3.05, 3.63) is 125 Å². The molecule has 1 unspecified atom stereocenters. The Hall–Kier alpha value is -5.10. The third-order valence-electron chi connectivity index (χ3n) is 9.08. The van der Waals surface area contributed by atoms with Crippen LogP contribution in [0.4, 0.5) is 13.6 Å². The van der Waals surface area contributed by atoms with Crippen molar-refractivity contribution in [3.63, 3.8) is 0 Å². The normalized spacial score (nSPS) is 18.1. The number of piperidine rings is 1. The number of dihydropyridines is 1. The highest BCUT2D eigenvalue weighted by Gasteiger charge is 2.39. The van der Waals surface area contributed by atoms with E-state index in [2.05, 4.69) is 74.2 Å². The fourth-order valence-electron chi connectivity index (χ4n) is 6.81. The molecule has 3 aromatic carbocycles. The number of para-hydroxylation sites is 1. The molecule has 0 bridgehead atoms. The van der Waals surface area contributed by atoms with Crippen LogP contribution in [0.3, 0.4) is 0 Å². The molecule has 12 heteroatoms. The summed E-state index contributed by atoms with van der Waals surface area (Å²) in [5.41, 5.74) is 4.50. The topological polar surface area (TPSA) is 104 Å². The first-order chi connectivity index (χ1) is 23.2. The largest absolute Gasteiger partial charge is 0.513 e. The van der Waals surface area contributed by atoms with Gasteiger partial charge in [0.15, 0.2) is 0 Å². The number of nitrogens with zero attached hydrogens (tertiary/aromatic N) is 5. The average Bonchev–Trinajstić information content (AvgIpc) is 3.52. The van der Waals surface area contributed by atoms with Crippen LogP contribution in [0.2, 0.25) is 0 Å². The van der Waals surface area contributed by atoms with Gasteiger partial charge in [-0.1, -0.05) is 78.9 Å². The van der Waals surface area contributed by atoms with Crippen molar-refractivity contribution in [2.24, 2.45) is 7.05 Å². The molecule has 0 saturated carbocycles. The van der Waals surface area contributed by atoms with Gasteiger partial charge in [0, 0.05) is 28.8 Å². The van der Waals surface area contributed by atoms with E-state index in [1.54, 1.807) is 39.1 Å². The first kappa shape index (κ1) is 32.8. The van der Waals surface area contributed by atoms with Gasteiger partial charge in [-0.05, 0) is 62.2 Å². The number of aromatic nitrogens is 4. The van der Waals surface area contributed by atoms with Gasteiger partial charge in [-0.15, -0.1) is 10.2 Å². The summed E-state index contributed by atoms with van der Waals surface area (Å²) in [6.07, 6.45) is 0.945. The molecule has 250 valence electrons. The smallest absolute Gasteiger partial charge is 0.435 e. The van der Waals surface area contributed by atoms with E-state index >= 15 is 0 Å². The van der Waals surface area contributed by atoms with Gasteiger partial charge in [0.1, 0.15) is 18.1 Å². The molecule has 10 nitrogen and oxygen atoms in total. The van der Waals surface area contributed by atoms with Crippen molar-refractivity contribution in [3.8, 4) is 5.75 Å². The average molecular weight is 657 g/mol. The number of alkyl halides is 2. The lowest BCUT2D eigenvalue weighted by Gasteiger charge is -2.43. The molecule has 2 aliphatic heterocycles. The molecule has 0 radical (unpaired) electrons. The Morgan fingerprint density at radius 2 is 1.56 bits per heavy atom. The second kappa shape index (κ2) is 14.3. The Morgan fingerprint density at radius 1 is 0.938 bits per heavy atom. The number of halogens is 2. The summed E-state index contributed by atoms with van der Waals surface area (Å²) in [7, 11) is 1.62. The van der Waals surface area contributed by atoms with Crippen LogP contribution in [-0.4, -0.2) is 64.1 Å². The molecule has 4 aromatic rings. The Morgan fingerprint density at radius 3 is 2.17 bits per heavy atom. The zero-order valence-electron chi connectivity index (χ0n) is 27.1. The highest BCUT2D eigenvalue weighted by atomic mass is 19.3. The van der Waals surface area contributed by atoms with Crippen molar-refractivity contribution >= 4 is 11.7 Å². The second-order valence-corrected chi connectivity index (χ2v) is 12.0. The summed E-state index contributed by atoms with van der Waals surface area (Å²) < 4.78 is 43.2. The Balaban J connectivity index is 1.15. The van der Waals surface area contributed by atoms with Crippen LogP contribution in [0.5, 0.6) is 5.75 Å². The van der Waals surface area contributed by atoms with E-state index in [-0.39, 0.29) is 29.4 Å². The van der Waals surface area contributed by atoms with Gasteiger partial charge in [-0.2, -0.15) is 13.6 Å². The summed E-state index contributed by atoms with van der Waals surface area (Å²) in [4.78, 5) is 16.8. The number of allylic oxidation sites excluding steroid dienone is 3. The monoisotopic (exact) mass is 656 g/mol. The molecule has 0 aliphatic carbocycles. The molecule has 0 amide bonds. The second-order valence-electron chi connectivity index (χ2n) is 12.0. The zero-order valence-corrected chi connectivity index (χ0v) is 27.1. The Bertz CT molecular complexity index is 1740. The predicted molar refractivity (Wildman–Crippen MR) is 175 cm³/mol. The Labute approximate surface area is 278 Å². The number of carbonyl (C=O) groups is 1. The van der Waals surface area contributed by atoms with Crippen molar-refractivity contribution in [1.29, 1.82) is 0 Å². The summed E-state index contributed by atoms with van der Waals surface area (Å²) in [6, 6.07) is 27.6. The predicted octanol–water partition coefficient (Wildman–Crippen LogP) is 6.40. The van der Waals surface area contributed by atoms with Gasteiger partial charge in [0.05, 0.1) is 18.7 Å². The van der Waals surface area contributed by atoms with Crippen LogP contribution < -0.4 is 10.1 Å². The lowest BCUT2D eigenvalue weighted by Crippen LogP contribution is -2.44. The van der Waals surface area contributed by atoms with Crippen molar-refractivity contribution in [1.82, 2.24) is 30.4 Å². The maximum atomic E-state index is 13.5. The van der Waals surface area contributed by atoms with Gasteiger partial charge in [-0.3, -0.25) is 4.90 Å². The molecule has 3 heterocycles. The molecule has 2 aliphatic rings. The maximum Gasteiger partial charge on any atom is 0.513 e. The number of rotatable bonds is 10. The van der Waals surface area contributed by atoms with Gasteiger partial charge in [-0.25, -0.2) is 4.79 Å². The van der Waals surface area contributed by atoms with E-state index in [4.69, 9.17) is 14.2 Å². The number of carbonyl (C=O) groups excluding carboxylic acids is 1. The number of benzene rings is 3. The fourth-order valence-corrected chi connectivity index (χ4v) is 6.81. The number of hydrogen-bond donors (Lipinski definition) is 1. The van der Waals surface area contributed by atoms with Gasteiger partial charge in [0.25, 0.3) is 0 Å². The zero-order chi connectivity index (χ0) is 33.7. The molecule has 1 atom stereocenters. The minimum atomic E-state index is -3.06. The number of nitrogens with one attached hydrogen (secondary N) is 1. The van der Waals surface area contributed by atoms with Gasteiger partial charge >= 0.3 is 12.8 Å². The van der Waals surface area contributed by atoms with E-state index in [0.29, 0.717) is 29.1 Å². The number of ether oxygens (including phenoxy) is 3. The quantitative estimate of drug-likeness (QED) is 0.194. The summed E-state index contributed by atoms with van der Waals surface area (Å²) >= 11 is 0. The maximum absolute atomic E-state index is 13.5. The van der Waals surface area contributed by atoms with Crippen LogP contribution in [0.25, 0.3) is 5.57 Å². The van der Waals surface area contributed by atoms with Gasteiger partial charge in [0.2, 0.25) is 5.82 Å². The van der Waals surface area contributed by atoms with E-state index in [9.17, 15) is 13.6 Å². The number of aryl methyl sites for hydroxylation is 1. The molecule has 1 aromatic heterocycles. The summed E-state index contributed by atoms with van der Waals surface area (Å²) in [5.74, 6) is -0.535. The molecule has 1 fully saturated rings. The molecule has 0 spiro atoms. The lowest BCUT2D eigenvalue weighted by molar-refractivity contribution is -0.0506. The van der Waals surface area contributed by atoms with Crippen LogP contribution >= 0.6 is 0 Å². The molecule has 48 heavy (non-hydrogen) atoms. The van der Waals surface area contributed by atoms with E-state index in [1.807, 2.05) is 12.1 Å². The standard InChI is InChI=1S/C36H38F2N6O4/c1-24-30(33-40-42-43(3)41-33)31(28-16-10-11-17-29(28)47-34(37)38)32(25(2)39-24)48-35(45)46-23-22-44-20-18-36(19-21-44,26-12-6-4-7-13-26)27-14-8-5-9-15-27/h4-17,31,34,39H,18-23H2,1-3H3. The molecule has 1 saturated heterocycles. The molecular weight excluding hydrogens is 618 g/mol. The lowest BCUT2D eigenvalue weighted by atomic mass is 9.68. The van der Waals surface area contributed by atoms with E-state index < -0.39 is 18.7 Å². The first-order valence-corrected chi connectivity index (χ1v) is 15.9. The number of hydrogen-bond acceptors (Lipinski definition) is 9. The van der Waals surface area contributed by atoms with Crippen LogP contribution in [0.15, 0.2) is 102 Å². The summed E-state index contributed by atoms with van der Waals surface area (Å²) in [5, 5.41) is 15.7. The molecule has 1 N–H and O–H groups in total. The first-order valence-electron chi connectivity index (χ1n) is 15.9. The SMILES string of the molecule is CC1=C(OC(=O)OCCN2CCC(c3ccccc3)(c3ccccc3)CC2)C(c2ccccc2OC(F)F)C(c2nnn(C)n2)=C(C)N1. The van der Waals surface area contributed by atoms with Crippen LogP contribution in [-0.2, 0) is 21.9 Å². The van der Waals surface area contributed by atoms with Crippen LogP contribution in [0, 0.1) is 0 Å². The number of tetrazole rings is 1. The van der Waals surface area contributed by atoms with E-state index in [0.717, 1.165) is 25.9 Å². The Kier molecular flexibility index (Phi) is 9.81.